The first-order valence-electron chi connectivity index (χ1n) is 3.22. The molecule has 2 N–H and O–H groups in total. The molecule has 0 aliphatic heterocycles. The van der Waals surface area contributed by atoms with Gasteiger partial charge in [-0.2, -0.15) is 0 Å². The highest BCUT2D eigenvalue weighted by molar-refractivity contribution is 5.80. The summed E-state index contributed by atoms with van der Waals surface area (Å²) in [5.41, 5.74) is 5.25. The Morgan fingerprint density at radius 3 is 2.50 bits per heavy atom. The lowest BCUT2D eigenvalue weighted by Gasteiger charge is -1.94. The standard InChI is InChI=1S/C6H12N2O2/c1-3-5(7)8-10-6(9)4-2/h3-4H2,1-2H3,(H2,7,8). The van der Waals surface area contributed by atoms with Gasteiger partial charge in [0.15, 0.2) is 0 Å². The zero-order valence-electron chi connectivity index (χ0n) is 6.26. The number of carbonyl (C=O) groups is 1. The molecule has 0 saturated heterocycles. The Morgan fingerprint density at radius 2 is 2.10 bits per heavy atom. The first-order chi connectivity index (χ1) is 4.70. The summed E-state index contributed by atoms with van der Waals surface area (Å²) in [6.45, 7) is 3.53. The minimum Gasteiger partial charge on any atom is -0.384 e. The third kappa shape index (κ3) is 3.88. The van der Waals surface area contributed by atoms with Crippen LogP contribution in [-0.4, -0.2) is 11.8 Å². The second kappa shape index (κ2) is 4.78. The predicted molar refractivity (Wildman–Crippen MR) is 38.3 cm³/mol. The molecular weight excluding hydrogens is 132 g/mol. The lowest BCUT2D eigenvalue weighted by atomic mass is 10.5. The molecular formula is C6H12N2O2. The Hall–Kier alpha value is -1.06. The SMILES string of the molecule is CCC(=O)O/N=C(\N)CC. The summed E-state index contributed by atoms with van der Waals surface area (Å²) in [5.74, 6) is -0.0294. The Labute approximate surface area is 60.0 Å². The number of carbonyl (C=O) groups excluding carboxylic acids is 1. The van der Waals surface area contributed by atoms with Crippen LogP contribution in [0, 0.1) is 0 Å². The van der Waals surface area contributed by atoms with Gasteiger partial charge in [-0.1, -0.05) is 19.0 Å². The highest BCUT2D eigenvalue weighted by atomic mass is 16.7. The van der Waals surface area contributed by atoms with E-state index in [2.05, 4.69) is 9.99 Å². The maximum atomic E-state index is 10.4. The molecule has 0 saturated carbocycles. The number of hydrogen-bond donors (Lipinski definition) is 1. The van der Waals surface area contributed by atoms with E-state index in [0.29, 0.717) is 18.7 Å². The van der Waals surface area contributed by atoms with Gasteiger partial charge in [-0.15, -0.1) is 0 Å². The van der Waals surface area contributed by atoms with Crippen molar-refractivity contribution in [1.29, 1.82) is 0 Å². The first kappa shape index (κ1) is 8.94. The highest BCUT2D eigenvalue weighted by Crippen LogP contribution is 1.86. The molecule has 4 nitrogen and oxygen atoms in total. The zero-order chi connectivity index (χ0) is 7.98. The van der Waals surface area contributed by atoms with Crippen LogP contribution in [0.2, 0.25) is 0 Å². The van der Waals surface area contributed by atoms with Crippen LogP contribution < -0.4 is 5.73 Å². The summed E-state index contributed by atoms with van der Waals surface area (Å²) < 4.78 is 0. The molecule has 0 radical (unpaired) electrons. The Bertz CT molecular complexity index is 143. The molecule has 0 bridgehead atoms. The van der Waals surface area contributed by atoms with E-state index in [1.807, 2.05) is 6.92 Å². The van der Waals surface area contributed by atoms with Gasteiger partial charge in [-0.25, -0.2) is 4.79 Å². The molecule has 0 spiro atoms. The van der Waals surface area contributed by atoms with E-state index in [4.69, 9.17) is 5.73 Å². The number of rotatable bonds is 3. The van der Waals surface area contributed by atoms with Crippen molar-refractivity contribution in [3.05, 3.63) is 0 Å². The van der Waals surface area contributed by atoms with E-state index in [1.165, 1.54) is 0 Å². The van der Waals surface area contributed by atoms with Crippen LogP contribution in [-0.2, 0) is 9.63 Å². The molecule has 0 aromatic carbocycles. The molecule has 10 heavy (non-hydrogen) atoms. The zero-order valence-corrected chi connectivity index (χ0v) is 6.26. The molecule has 0 aliphatic carbocycles. The first-order valence-corrected chi connectivity index (χ1v) is 3.22. The molecule has 4 heteroatoms. The third-order valence-corrected chi connectivity index (χ3v) is 0.916. The van der Waals surface area contributed by atoms with Crippen LogP contribution in [0.3, 0.4) is 0 Å². The number of hydrogen-bond acceptors (Lipinski definition) is 3. The van der Waals surface area contributed by atoms with Crippen LogP contribution >= 0.6 is 0 Å². The second-order valence-electron chi connectivity index (χ2n) is 1.75. The van der Waals surface area contributed by atoms with E-state index < -0.39 is 0 Å². The molecule has 58 valence electrons. The number of oxime groups is 1. The van der Waals surface area contributed by atoms with Crippen LogP contribution in [0.15, 0.2) is 5.16 Å². The second-order valence-corrected chi connectivity index (χ2v) is 1.75. The van der Waals surface area contributed by atoms with Crippen molar-refractivity contribution in [2.75, 3.05) is 0 Å². The van der Waals surface area contributed by atoms with Crippen molar-refractivity contribution < 1.29 is 9.63 Å². The van der Waals surface area contributed by atoms with Crippen LogP contribution in [0.5, 0.6) is 0 Å². The summed E-state index contributed by atoms with van der Waals surface area (Å²) >= 11 is 0. The summed E-state index contributed by atoms with van der Waals surface area (Å²) in [7, 11) is 0. The van der Waals surface area contributed by atoms with E-state index in [-0.39, 0.29) is 5.97 Å². The quantitative estimate of drug-likeness (QED) is 0.273. The van der Waals surface area contributed by atoms with Gasteiger partial charge >= 0.3 is 5.97 Å². The van der Waals surface area contributed by atoms with Gasteiger partial charge in [0.05, 0.1) is 0 Å². The fourth-order valence-electron chi connectivity index (χ4n) is 0.239. The number of nitrogens with two attached hydrogens (primary N) is 1. The van der Waals surface area contributed by atoms with Crippen molar-refractivity contribution in [1.82, 2.24) is 0 Å². The van der Waals surface area contributed by atoms with Gasteiger partial charge in [-0.05, 0) is 0 Å². The van der Waals surface area contributed by atoms with Gasteiger partial charge in [0.2, 0.25) is 0 Å². The number of nitrogens with zero attached hydrogens (tertiary/aromatic N) is 1. The topological polar surface area (TPSA) is 64.7 Å². The molecule has 0 atom stereocenters. The number of amidine groups is 1. The summed E-state index contributed by atoms with van der Waals surface area (Å²) in [5, 5.41) is 3.36. The van der Waals surface area contributed by atoms with E-state index in [9.17, 15) is 4.79 Å². The molecule has 0 heterocycles. The maximum Gasteiger partial charge on any atom is 0.334 e. The lowest BCUT2D eigenvalue weighted by Crippen LogP contribution is -2.11. The monoisotopic (exact) mass is 144 g/mol. The normalized spacial score (nSPS) is 11.2. The Kier molecular flexibility index (Phi) is 4.28. The average Bonchev–Trinajstić information content (AvgIpc) is 1.99. The minimum absolute atomic E-state index is 0.320. The van der Waals surface area contributed by atoms with Gasteiger partial charge < -0.3 is 10.6 Å². The summed E-state index contributed by atoms with van der Waals surface area (Å²) in [4.78, 5) is 14.8. The fourth-order valence-corrected chi connectivity index (χ4v) is 0.239. The smallest absolute Gasteiger partial charge is 0.334 e. The van der Waals surface area contributed by atoms with Crippen molar-refractivity contribution >= 4 is 11.8 Å². The molecule has 0 aromatic heterocycles. The Morgan fingerprint density at radius 1 is 1.50 bits per heavy atom. The van der Waals surface area contributed by atoms with Crippen molar-refractivity contribution in [2.45, 2.75) is 26.7 Å². The highest BCUT2D eigenvalue weighted by Gasteiger charge is 1.95. The fraction of sp³-hybridized carbons (Fsp3) is 0.667. The van der Waals surface area contributed by atoms with E-state index in [0.717, 1.165) is 0 Å². The maximum absolute atomic E-state index is 10.4. The van der Waals surface area contributed by atoms with Gasteiger partial charge in [0.25, 0.3) is 0 Å². The van der Waals surface area contributed by atoms with Crippen LogP contribution in [0.4, 0.5) is 0 Å². The average molecular weight is 144 g/mol. The van der Waals surface area contributed by atoms with Crippen LogP contribution in [0.25, 0.3) is 0 Å². The van der Waals surface area contributed by atoms with Gasteiger partial charge in [0.1, 0.15) is 5.84 Å². The summed E-state index contributed by atoms with van der Waals surface area (Å²) in [6.07, 6.45) is 0.914. The van der Waals surface area contributed by atoms with Gasteiger partial charge in [-0.3, -0.25) is 0 Å². The molecule has 0 fully saturated rings. The molecule has 0 aliphatic rings. The largest absolute Gasteiger partial charge is 0.384 e. The van der Waals surface area contributed by atoms with Crippen molar-refractivity contribution in [3.63, 3.8) is 0 Å². The van der Waals surface area contributed by atoms with Crippen molar-refractivity contribution in [2.24, 2.45) is 10.9 Å². The summed E-state index contributed by atoms with van der Waals surface area (Å²) in [6, 6.07) is 0. The third-order valence-electron chi connectivity index (χ3n) is 0.916. The van der Waals surface area contributed by atoms with Crippen molar-refractivity contribution in [3.8, 4) is 0 Å². The Balaban J connectivity index is 3.61. The van der Waals surface area contributed by atoms with Crippen LogP contribution in [0.1, 0.15) is 26.7 Å². The van der Waals surface area contributed by atoms with E-state index >= 15 is 0 Å². The predicted octanol–water partition coefficient (Wildman–Crippen LogP) is 0.622. The lowest BCUT2D eigenvalue weighted by molar-refractivity contribution is -0.143. The van der Waals surface area contributed by atoms with Gasteiger partial charge in [0, 0.05) is 12.8 Å². The molecule has 0 rings (SSSR count). The molecule has 0 amide bonds. The molecule has 0 unspecified atom stereocenters. The minimum atomic E-state index is -0.364. The molecule has 0 aromatic rings. The van der Waals surface area contributed by atoms with E-state index in [1.54, 1.807) is 6.92 Å².